The van der Waals surface area contributed by atoms with E-state index in [9.17, 15) is 0 Å². The number of rotatable bonds is 1. The van der Waals surface area contributed by atoms with Crippen molar-refractivity contribution in [1.82, 2.24) is 19.5 Å². The van der Waals surface area contributed by atoms with E-state index in [1.54, 1.807) is 12.5 Å². The standard InChI is InChI=1S/C12H9ClN4/c1-8-6-14-12(13)16-11(8)17-7-15-9-4-2-3-5-10(9)17/h2-7H,1H3. The summed E-state index contributed by atoms with van der Waals surface area (Å²) in [6, 6.07) is 7.89. The lowest BCUT2D eigenvalue weighted by Crippen LogP contribution is -2.00. The second-order valence-corrected chi connectivity index (χ2v) is 4.09. The van der Waals surface area contributed by atoms with Crippen LogP contribution in [0, 0.1) is 6.92 Å². The molecule has 0 fully saturated rings. The molecule has 0 radical (unpaired) electrons. The number of hydrogen-bond donors (Lipinski definition) is 0. The highest BCUT2D eigenvalue weighted by atomic mass is 35.5. The SMILES string of the molecule is Cc1cnc(Cl)nc1-n1cnc2ccccc21. The van der Waals surface area contributed by atoms with E-state index in [-0.39, 0.29) is 5.28 Å². The van der Waals surface area contributed by atoms with E-state index < -0.39 is 0 Å². The van der Waals surface area contributed by atoms with Gasteiger partial charge in [-0.2, -0.15) is 4.98 Å². The van der Waals surface area contributed by atoms with Crippen LogP contribution in [0.4, 0.5) is 0 Å². The third-order valence-corrected chi connectivity index (χ3v) is 2.78. The van der Waals surface area contributed by atoms with Gasteiger partial charge >= 0.3 is 0 Å². The molecule has 3 rings (SSSR count). The zero-order valence-corrected chi connectivity index (χ0v) is 9.89. The number of aryl methyl sites for hydroxylation is 1. The Bertz CT molecular complexity index is 690. The van der Waals surface area contributed by atoms with Crippen LogP contribution in [0.25, 0.3) is 16.9 Å². The van der Waals surface area contributed by atoms with Crippen molar-refractivity contribution in [2.75, 3.05) is 0 Å². The van der Waals surface area contributed by atoms with Crippen molar-refractivity contribution in [3.8, 4) is 5.82 Å². The van der Waals surface area contributed by atoms with Gasteiger partial charge in [-0.25, -0.2) is 9.97 Å². The largest absolute Gasteiger partial charge is 0.283 e. The van der Waals surface area contributed by atoms with Crippen molar-refractivity contribution in [1.29, 1.82) is 0 Å². The van der Waals surface area contributed by atoms with Crippen molar-refractivity contribution in [2.24, 2.45) is 0 Å². The Hall–Kier alpha value is -1.94. The minimum atomic E-state index is 0.239. The predicted octanol–water partition coefficient (Wildman–Crippen LogP) is 2.78. The van der Waals surface area contributed by atoms with Crippen molar-refractivity contribution >= 4 is 22.6 Å². The van der Waals surface area contributed by atoms with E-state index in [0.717, 1.165) is 22.4 Å². The molecule has 17 heavy (non-hydrogen) atoms. The fourth-order valence-corrected chi connectivity index (χ4v) is 1.91. The maximum atomic E-state index is 5.83. The van der Waals surface area contributed by atoms with Gasteiger partial charge in [0, 0.05) is 11.8 Å². The molecule has 0 unspecified atom stereocenters. The van der Waals surface area contributed by atoms with Crippen LogP contribution in [-0.4, -0.2) is 19.5 Å². The number of nitrogens with zero attached hydrogens (tertiary/aromatic N) is 4. The summed E-state index contributed by atoms with van der Waals surface area (Å²) < 4.78 is 1.91. The van der Waals surface area contributed by atoms with Gasteiger partial charge in [0.1, 0.15) is 12.1 Å². The highest BCUT2D eigenvalue weighted by Crippen LogP contribution is 2.19. The Balaban J connectivity index is 2.31. The van der Waals surface area contributed by atoms with E-state index in [1.807, 2.05) is 35.8 Å². The third kappa shape index (κ3) is 1.66. The van der Waals surface area contributed by atoms with Gasteiger partial charge in [0.2, 0.25) is 5.28 Å². The van der Waals surface area contributed by atoms with Crippen molar-refractivity contribution in [3.05, 3.63) is 47.6 Å². The van der Waals surface area contributed by atoms with Gasteiger partial charge < -0.3 is 0 Å². The first-order valence-electron chi connectivity index (χ1n) is 5.17. The second kappa shape index (κ2) is 3.82. The summed E-state index contributed by atoms with van der Waals surface area (Å²) in [5.41, 5.74) is 2.89. The molecular formula is C12H9ClN4. The van der Waals surface area contributed by atoms with Crippen LogP contribution in [0.1, 0.15) is 5.56 Å². The van der Waals surface area contributed by atoms with Crippen molar-refractivity contribution in [3.63, 3.8) is 0 Å². The number of hydrogen-bond acceptors (Lipinski definition) is 3. The second-order valence-electron chi connectivity index (χ2n) is 3.75. The van der Waals surface area contributed by atoms with Gasteiger partial charge in [0.25, 0.3) is 0 Å². The number of fused-ring (bicyclic) bond motifs is 1. The molecule has 0 aliphatic carbocycles. The van der Waals surface area contributed by atoms with Crippen LogP contribution in [0.15, 0.2) is 36.8 Å². The molecular weight excluding hydrogens is 236 g/mol. The van der Waals surface area contributed by atoms with Crippen LogP contribution in [0.5, 0.6) is 0 Å². The molecule has 3 aromatic rings. The zero-order chi connectivity index (χ0) is 11.8. The molecule has 0 N–H and O–H groups in total. The van der Waals surface area contributed by atoms with E-state index in [2.05, 4.69) is 15.0 Å². The van der Waals surface area contributed by atoms with Gasteiger partial charge in [0.15, 0.2) is 0 Å². The molecule has 84 valence electrons. The van der Waals surface area contributed by atoms with Crippen LogP contribution in [0.3, 0.4) is 0 Å². The molecule has 1 aromatic carbocycles. The van der Waals surface area contributed by atoms with Gasteiger partial charge in [-0.15, -0.1) is 0 Å². The maximum absolute atomic E-state index is 5.83. The zero-order valence-electron chi connectivity index (χ0n) is 9.13. The Morgan fingerprint density at radius 3 is 2.88 bits per heavy atom. The lowest BCUT2D eigenvalue weighted by molar-refractivity contribution is 0.972. The van der Waals surface area contributed by atoms with Crippen LogP contribution in [-0.2, 0) is 0 Å². The summed E-state index contributed by atoms with van der Waals surface area (Å²) in [4.78, 5) is 12.5. The van der Waals surface area contributed by atoms with Crippen LogP contribution >= 0.6 is 11.6 Å². The molecule has 0 amide bonds. The van der Waals surface area contributed by atoms with E-state index in [0.29, 0.717) is 0 Å². The smallest absolute Gasteiger partial charge is 0.224 e. The highest BCUT2D eigenvalue weighted by Gasteiger charge is 2.08. The molecule has 0 spiro atoms. The summed E-state index contributed by atoms with van der Waals surface area (Å²) in [7, 11) is 0. The lowest BCUT2D eigenvalue weighted by Gasteiger charge is -2.06. The molecule has 4 nitrogen and oxygen atoms in total. The van der Waals surface area contributed by atoms with Crippen molar-refractivity contribution < 1.29 is 0 Å². The first-order valence-corrected chi connectivity index (χ1v) is 5.55. The summed E-state index contributed by atoms with van der Waals surface area (Å²) in [5, 5.41) is 0.239. The number of imidazole rings is 1. The summed E-state index contributed by atoms with van der Waals surface area (Å²) in [6.07, 6.45) is 3.45. The minimum Gasteiger partial charge on any atom is -0.283 e. The molecule has 2 heterocycles. The molecule has 0 saturated carbocycles. The first-order chi connectivity index (χ1) is 8.25. The Kier molecular flexibility index (Phi) is 2.30. The highest BCUT2D eigenvalue weighted by molar-refractivity contribution is 6.28. The minimum absolute atomic E-state index is 0.239. The topological polar surface area (TPSA) is 43.6 Å². The van der Waals surface area contributed by atoms with Gasteiger partial charge in [0.05, 0.1) is 11.0 Å². The maximum Gasteiger partial charge on any atom is 0.224 e. The van der Waals surface area contributed by atoms with E-state index in [4.69, 9.17) is 11.6 Å². The number of halogens is 1. The fraction of sp³-hybridized carbons (Fsp3) is 0.0833. The molecule has 2 aromatic heterocycles. The Morgan fingerprint density at radius 1 is 1.18 bits per heavy atom. The molecule has 0 aliphatic heterocycles. The molecule has 0 bridgehead atoms. The van der Waals surface area contributed by atoms with Gasteiger partial charge in [-0.05, 0) is 30.7 Å². The lowest BCUT2D eigenvalue weighted by atomic mass is 10.3. The number of aromatic nitrogens is 4. The Morgan fingerprint density at radius 2 is 2.00 bits per heavy atom. The van der Waals surface area contributed by atoms with Crippen LogP contribution in [0.2, 0.25) is 5.28 Å². The molecule has 0 aliphatic rings. The number of para-hydroxylation sites is 2. The normalized spacial score (nSPS) is 10.9. The number of benzene rings is 1. The third-order valence-electron chi connectivity index (χ3n) is 2.60. The fourth-order valence-electron chi connectivity index (χ4n) is 1.78. The van der Waals surface area contributed by atoms with Gasteiger partial charge in [-0.1, -0.05) is 12.1 Å². The quantitative estimate of drug-likeness (QED) is 0.618. The average molecular weight is 245 g/mol. The molecule has 5 heteroatoms. The average Bonchev–Trinajstić information content (AvgIpc) is 2.76. The monoisotopic (exact) mass is 244 g/mol. The van der Waals surface area contributed by atoms with E-state index in [1.165, 1.54) is 0 Å². The predicted molar refractivity (Wildman–Crippen MR) is 66.4 cm³/mol. The summed E-state index contributed by atoms with van der Waals surface area (Å²) >= 11 is 5.83. The van der Waals surface area contributed by atoms with Crippen molar-refractivity contribution in [2.45, 2.75) is 6.92 Å². The summed E-state index contributed by atoms with van der Waals surface area (Å²) in [5.74, 6) is 0.763. The molecule has 0 atom stereocenters. The van der Waals surface area contributed by atoms with E-state index >= 15 is 0 Å². The first kappa shape index (κ1) is 10.2. The molecule has 0 saturated heterocycles. The van der Waals surface area contributed by atoms with Crippen LogP contribution < -0.4 is 0 Å². The Labute approximate surface area is 103 Å². The van der Waals surface area contributed by atoms with Gasteiger partial charge in [-0.3, -0.25) is 4.57 Å². The summed E-state index contributed by atoms with van der Waals surface area (Å²) in [6.45, 7) is 1.94.